The van der Waals surface area contributed by atoms with E-state index in [2.05, 4.69) is 25.3 Å². The van der Waals surface area contributed by atoms with E-state index < -0.39 is 5.60 Å². The lowest BCUT2D eigenvalue weighted by molar-refractivity contribution is 0.0166. The molecule has 2 N–H and O–H groups in total. The van der Waals surface area contributed by atoms with Gasteiger partial charge in [0.05, 0.1) is 5.60 Å². The predicted octanol–water partition coefficient (Wildman–Crippen LogP) is 1.82. The van der Waals surface area contributed by atoms with Crippen LogP contribution < -0.4 is 5.32 Å². The normalized spacial score (nSPS) is 17.6. The molecule has 0 amide bonds. The average Bonchev–Trinajstić information content (AvgIpc) is 3.00. The molecule has 0 spiro atoms. The number of hydrogen-bond donors (Lipinski definition) is 2. The van der Waals surface area contributed by atoms with E-state index in [1.807, 2.05) is 0 Å². The van der Waals surface area contributed by atoms with E-state index in [1.54, 1.807) is 23.3 Å². The maximum Gasteiger partial charge on any atom is 0.241 e. The van der Waals surface area contributed by atoms with Gasteiger partial charge in [-0.05, 0) is 24.4 Å². The van der Waals surface area contributed by atoms with E-state index in [0.717, 1.165) is 25.7 Å². The fourth-order valence-corrected chi connectivity index (χ4v) is 2.70. The van der Waals surface area contributed by atoms with Crippen LogP contribution in [0.3, 0.4) is 0 Å². The van der Waals surface area contributed by atoms with Gasteiger partial charge in [0.25, 0.3) is 0 Å². The monoisotopic (exact) mass is 308 g/mol. The fourth-order valence-electron chi connectivity index (χ4n) is 2.54. The Bertz CT molecular complexity index is 597. The summed E-state index contributed by atoms with van der Waals surface area (Å²) in [6, 6.07) is 0. The Morgan fingerprint density at radius 1 is 1.24 bits per heavy atom. The van der Waals surface area contributed by atoms with Crippen molar-refractivity contribution < 1.29 is 5.11 Å². The zero-order chi connectivity index (χ0) is 14.7. The highest BCUT2D eigenvalue weighted by Gasteiger charge is 2.29. The molecule has 0 aliphatic heterocycles. The number of aliphatic hydroxyl groups is 1. The number of nitrogens with zero attached hydrogens (tertiary/aromatic N) is 5. The number of anilines is 1. The molecule has 1 aliphatic carbocycles. The minimum absolute atomic E-state index is 0.104. The summed E-state index contributed by atoms with van der Waals surface area (Å²) in [6.45, 7) is 0.413. The number of halogens is 1. The van der Waals surface area contributed by atoms with Crippen LogP contribution in [0.1, 0.15) is 32.1 Å². The van der Waals surface area contributed by atoms with Gasteiger partial charge in [-0.3, -0.25) is 4.57 Å². The van der Waals surface area contributed by atoms with Gasteiger partial charge in [-0.2, -0.15) is 15.0 Å². The molecular formula is C13H17ClN6O. The number of hydrogen-bond acceptors (Lipinski definition) is 6. The molecule has 21 heavy (non-hydrogen) atoms. The van der Waals surface area contributed by atoms with Crippen LogP contribution in [-0.4, -0.2) is 41.8 Å². The van der Waals surface area contributed by atoms with Crippen molar-refractivity contribution >= 4 is 17.5 Å². The summed E-state index contributed by atoms with van der Waals surface area (Å²) in [4.78, 5) is 16.3. The number of imidazole rings is 1. The first-order chi connectivity index (χ1) is 10.1. The third-order valence-corrected chi connectivity index (χ3v) is 3.86. The minimum atomic E-state index is -0.688. The molecule has 3 rings (SSSR count). The highest BCUT2D eigenvalue weighted by Crippen LogP contribution is 2.28. The van der Waals surface area contributed by atoms with Crippen LogP contribution in [0.5, 0.6) is 0 Å². The molecule has 0 bridgehead atoms. The van der Waals surface area contributed by atoms with Gasteiger partial charge in [0.15, 0.2) is 0 Å². The lowest BCUT2D eigenvalue weighted by Gasteiger charge is -2.32. The van der Waals surface area contributed by atoms with Crippen molar-refractivity contribution in [2.45, 2.75) is 37.7 Å². The minimum Gasteiger partial charge on any atom is -0.388 e. The first kappa shape index (κ1) is 14.2. The summed E-state index contributed by atoms with van der Waals surface area (Å²) in [5, 5.41) is 13.6. The van der Waals surface area contributed by atoms with E-state index in [-0.39, 0.29) is 5.28 Å². The summed E-state index contributed by atoms with van der Waals surface area (Å²) in [6.07, 6.45) is 9.83. The molecule has 112 valence electrons. The molecule has 8 heteroatoms. The van der Waals surface area contributed by atoms with Gasteiger partial charge < -0.3 is 10.4 Å². The Morgan fingerprint density at radius 2 is 2.05 bits per heavy atom. The van der Waals surface area contributed by atoms with Crippen LogP contribution >= 0.6 is 11.6 Å². The molecule has 1 fully saturated rings. The summed E-state index contributed by atoms with van der Waals surface area (Å²) >= 11 is 5.92. The van der Waals surface area contributed by atoms with E-state index in [4.69, 9.17) is 11.6 Å². The van der Waals surface area contributed by atoms with E-state index in [0.29, 0.717) is 18.4 Å². The summed E-state index contributed by atoms with van der Waals surface area (Å²) in [7, 11) is 0. The number of nitrogens with one attached hydrogen (secondary N) is 1. The summed E-state index contributed by atoms with van der Waals surface area (Å²) in [5.41, 5.74) is -0.688. The second-order valence-corrected chi connectivity index (χ2v) is 5.67. The van der Waals surface area contributed by atoms with Crippen LogP contribution in [0.25, 0.3) is 5.95 Å². The highest BCUT2D eigenvalue weighted by atomic mass is 35.5. The number of aromatic nitrogens is 5. The molecule has 2 aromatic heterocycles. The first-order valence-electron chi connectivity index (χ1n) is 7.01. The SMILES string of the molecule is OC1(CNc2nc(Cl)nc(-n3ccnc3)n2)CCCCC1. The molecule has 0 atom stereocenters. The lowest BCUT2D eigenvalue weighted by atomic mass is 9.85. The van der Waals surface area contributed by atoms with Gasteiger partial charge in [0.2, 0.25) is 17.2 Å². The van der Waals surface area contributed by atoms with Gasteiger partial charge in [0.1, 0.15) is 6.33 Å². The zero-order valence-corrected chi connectivity index (χ0v) is 12.3. The van der Waals surface area contributed by atoms with E-state index >= 15 is 0 Å². The van der Waals surface area contributed by atoms with Gasteiger partial charge >= 0.3 is 0 Å². The number of rotatable bonds is 4. The van der Waals surface area contributed by atoms with Crippen LogP contribution in [-0.2, 0) is 0 Å². The van der Waals surface area contributed by atoms with Crippen LogP contribution in [0.2, 0.25) is 5.28 Å². The Balaban J connectivity index is 1.73. The van der Waals surface area contributed by atoms with Crippen molar-refractivity contribution in [2.75, 3.05) is 11.9 Å². The Hall–Kier alpha value is -1.73. The lowest BCUT2D eigenvalue weighted by Crippen LogP contribution is -2.39. The molecule has 7 nitrogen and oxygen atoms in total. The second kappa shape index (κ2) is 5.95. The average molecular weight is 309 g/mol. The molecule has 1 saturated carbocycles. The van der Waals surface area contributed by atoms with Crippen molar-refractivity contribution in [1.82, 2.24) is 24.5 Å². The zero-order valence-electron chi connectivity index (χ0n) is 11.5. The maximum absolute atomic E-state index is 10.5. The van der Waals surface area contributed by atoms with Crippen molar-refractivity contribution in [3.63, 3.8) is 0 Å². The van der Waals surface area contributed by atoms with E-state index in [9.17, 15) is 5.11 Å². The molecular weight excluding hydrogens is 292 g/mol. The van der Waals surface area contributed by atoms with Gasteiger partial charge in [-0.25, -0.2) is 4.98 Å². The van der Waals surface area contributed by atoms with Crippen molar-refractivity contribution in [3.8, 4) is 5.95 Å². The molecule has 2 aromatic rings. The van der Waals surface area contributed by atoms with Crippen LogP contribution in [0.4, 0.5) is 5.95 Å². The first-order valence-corrected chi connectivity index (χ1v) is 7.39. The smallest absolute Gasteiger partial charge is 0.241 e. The standard InChI is InChI=1S/C13H17ClN6O/c14-10-17-11(16-8-13(21)4-2-1-3-5-13)19-12(18-10)20-7-6-15-9-20/h6-7,9,21H,1-5,8H2,(H,16,17,18,19). The Labute approximate surface area is 127 Å². The maximum atomic E-state index is 10.5. The van der Waals surface area contributed by atoms with Gasteiger partial charge in [0, 0.05) is 18.9 Å². The molecule has 0 saturated heterocycles. The largest absolute Gasteiger partial charge is 0.388 e. The second-order valence-electron chi connectivity index (χ2n) is 5.34. The highest BCUT2D eigenvalue weighted by molar-refractivity contribution is 6.28. The van der Waals surface area contributed by atoms with Crippen molar-refractivity contribution in [2.24, 2.45) is 0 Å². The molecule has 0 radical (unpaired) electrons. The third-order valence-electron chi connectivity index (χ3n) is 3.69. The van der Waals surface area contributed by atoms with Gasteiger partial charge in [-0.1, -0.05) is 19.3 Å². The predicted molar refractivity (Wildman–Crippen MR) is 78.5 cm³/mol. The van der Waals surface area contributed by atoms with Crippen LogP contribution in [0, 0.1) is 0 Å². The molecule has 0 unspecified atom stereocenters. The Kier molecular flexibility index (Phi) is 4.03. The molecule has 0 aromatic carbocycles. The van der Waals surface area contributed by atoms with E-state index in [1.165, 1.54) is 6.42 Å². The summed E-state index contributed by atoms with van der Waals surface area (Å²) in [5.74, 6) is 0.753. The summed E-state index contributed by atoms with van der Waals surface area (Å²) < 4.78 is 1.65. The molecule has 2 heterocycles. The van der Waals surface area contributed by atoms with Crippen molar-refractivity contribution in [1.29, 1.82) is 0 Å². The molecule has 1 aliphatic rings. The topological polar surface area (TPSA) is 88.8 Å². The van der Waals surface area contributed by atoms with Gasteiger partial charge in [-0.15, -0.1) is 0 Å². The van der Waals surface area contributed by atoms with Crippen molar-refractivity contribution in [3.05, 3.63) is 24.0 Å². The Morgan fingerprint density at radius 3 is 2.76 bits per heavy atom. The van der Waals surface area contributed by atoms with Crippen LogP contribution in [0.15, 0.2) is 18.7 Å². The fraction of sp³-hybridized carbons (Fsp3) is 0.538. The third kappa shape index (κ3) is 3.48. The quantitative estimate of drug-likeness (QED) is 0.895.